The zero-order valence-corrected chi connectivity index (χ0v) is 13.8. The maximum atomic E-state index is 6.11. The minimum absolute atomic E-state index is 0.802. The lowest BCUT2D eigenvalue weighted by molar-refractivity contribution is 0.469. The van der Waals surface area contributed by atoms with Crippen molar-refractivity contribution in [2.75, 3.05) is 6.54 Å². The van der Waals surface area contributed by atoms with Crippen LogP contribution in [0.5, 0.6) is 11.5 Å². The molecule has 0 amide bonds. The molecule has 0 fully saturated rings. The van der Waals surface area contributed by atoms with E-state index in [0.29, 0.717) is 0 Å². The Labute approximate surface area is 129 Å². The predicted octanol–water partition coefficient (Wildman–Crippen LogP) is 4.97. The summed E-state index contributed by atoms with van der Waals surface area (Å²) in [6.45, 7) is 8.03. The third-order valence-electron chi connectivity index (χ3n) is 3.36. The number of hydrogen-bond acceptors (Lipinski definition) is 2. The first kappa shape index (κ1) is 15.1. The van der Waals surface area contributed by atoms with Gasteiger partial charge in [-0.05, 0) is 55.8 Å². The summed E-state index contributed by atoms with van der Waals surface area (Å²) in [4.78, 5) is 0. The summed E-state index contributed by atoms with van der Waals surface area (Å²) in [5, 5.41) is 3.34. The number of nitrogens with one attached hydrogen (secondary N) is 1. The van der Waals surface area contributed by atoms with Gasteiger partial charge in [0, 0.05) is 16.6 Å². The van der Waals surface area contributed by atoms with E-state index in [9.17, 15) is 0 Å². The van der Waals surface area contributed by atoms with Gasteiger partial charge in [0.2, 0.25) is 0 Å². The number of hydrogen-bond donors (Lipinski definition) is 1. The third kappa shape index (κ3) is 3.62. The van der Waals surface area contributed by atoms with Gasteiger partial charge in [0.05, 0.1) is 0 Å². The Morgan fingerprint density at radius 3 is 2.65 bits per heavy atom. The van der Waals surface area contributed by atoms with E-state index < -0.39 is 0 Å². The molecule has 0 aromatic heterocycles. The summed E-state index contributed by atoms with van der Waals surface area (Å²) in [5.41, 5.74) is 3.58. The zero-order chi connectivity index (χ0) is 14.5. The van der Waals surface area contributed by atoms with Crippen LogP contribution >= 0.6 is 15.9 Å². The number of ether oxygens (including phenoxy) is 1. The first-order valence-corrected chi connectivity index (χ1v) is 7.64. The summed E-state index contributed by atoms with van der Waals surface area (Å²) in [6.07, 6.45) is 0. The number of halogens is 1. The molecule has 1 N–H and O–H groups in total. The second-order valence-corrected chi connectivity index (χ2v) is 5.75. The second-order valence-electron chi connectivity index (χ2n) is 4.83. The molecule has 0 bridgehead atoms. The van der Waals surface area contributed by atoms with Crippen LogP contribution < -0.4 is 10.1 Å². The molecule has 2 aromatic rings. The Hall–Kier alpha value is -1.32. The Kier molecular flexibility index (Phi) is 5.21. The fourth-order valence-electron chi connectivity index (χ4n) is 2.00. The highest BCUT2D eigenvalue weighted by Gasteiger charge is 2.08. The lowest BCUT2D eigenvalue weighted by atomic mass is 10.1. The Balaban J connectivity index is 2.30. The summed E-state index contributed by atoms with van der Waals surface area (Å²) in [7, 11) is 0. The molecule has 20 heavy (non-hydrogen) atoms. The van der Waals surface area contributed by atoms with Gasteiger partial charge in [0.25, 0.3) is 0 Å². The van der Waals surface area contributed by atoms with Gasteiger partial charge in [0.15, 0.2) is 0 Å². The summed E-state index contributed by atoms with van der Waals surface area (Å²) in [6, 6.07) is 12.3. The molecular weight excluding hydrogens is 314 g/mol. The maximum absolute atomic E-state index is 6.11. The smallest absolute Gasteiger partial charge is 0.132 e. The largest absolute Gasteiger partial charge is 0.457 e. The Morgan fingerprint density at radius 2 is 1.90 bits per heavy atom. The molecule has 0 aliphatic rings. The van der Waals surface area contributed by atoms with Gasteiger partial charge < -0.3 is 10.1 Å². The van der Waals surface area contributed by atoms with Crippen LogP contribution in [0.2, 0.25) is 0 Å². The van der Waals surface area contributed by atoms with Gasteiger partial charge >= 0.3 is 0 Å². The maximum Gasteiger partial charge on any atom is 0.132 e. The minimum atomic E-state index is 0.802. The van der Waals surface area contributed by atoms with E-state index in [0.717, 1.165) is 34.6 Å². The second kappa shape index (κ2) is 6.91. The van der Waals surface area contributed by atoms with Crippen molar-refractivity contribution in [2.45, 2.75) is 27.3 Å². The molecular formula is C17H20BrNO. The molecule has 0 aliphatic heterocycles. The van der Waals surface area contributed by atoms with Gasteiger partial charge in [-0.3, -0.25) is 0 Å². The molecule has 0 heterocycles. The molecule has 2 rings (SSSR count). The van der Waals surface area contributed by atoms with Crippen LogP contribution in [0.15, 0.2) is 40.9 Å². The van der Waals surface area contributed by atoms with Crippen molar-refractivity contribution >= 4 is 15.9 Å². The van der Waals surface area contributed by atoms with E-state index in [1.165, 1.54) is 11.1 Å². The average molecular weight is 334 g/mol. The van der Waals surface area contributed by atoms with Crippen LogP contribution in [0.4, 0.5) is 0 Å². The number of aryl methyl sites for hydroxylation is 1. The van der Waals surface area contributed by atoms with Crippen molar-refractivity contribution in [1.29, 1.82) is 0 Å². The summed E-state index contributed by atoms with van der Waals surface area (Å²) >= 11 is 3.52. The Morgan fingerprint density at radius 1 is 1.10 bits per heavy atom. The average Bonchev–Trinajstić information content (AvgIpc) is 2.44. The highest BCUT2D eigenvalue weighted by atomic mass is 79.9. The fraction of sp³-hybridized carbons (Fsp3) is 0.294. The minimum Gasteiger partial charge on any atom is -0.457 e. The molecule has 0 unspecified atom stereocenters. The van der Waals surface area contributed by atoms with Crippen LogP contribution in [-0.2, 0) is 6.54 Å². The quantitative estimate of drug-likeness (QED) is 0.834. The van der Waals surface area contributed by atoms with E-state index in [2.05, 4.69) is 54.2 Å². The first-order chi connectivity index (χ1) is 9.61. The monoisotopic (exact) mass is 333 g/mol. The summed E-state index contributed by atoms with van der Waals surface area (Å²) in [5.74, 6) is 1.83. The van der Waals surface area contributed by atoms with Gasteiger partial charge in [-0.2, -0.15) is 0 Å². The molecule has 0 radical (unpaired) electrons. The third-order valence-corrected chi connectivity index (χ3v) is 3.86. The van der Waals surface area contributed by atoms with Crippen LogP contribution in [-0.4, -0.2) is 6.54 Å². The van der Waals surface area contributed by atoms with Gasteiger partial charge in [0.1, 0.15) is 11.5 Å². The van der Waals surface area contributed by atoms with Gasteiger partial charge in [-0.25, -0.2) is 0 Å². The SMILES string of the molecule is CCNCc1cc(Br)ccc1Oc1cccc(C)c1C. The normalized spacial score (nSPS) is 10.6. The van der Waals surface area contributed by atoms with E-state index in [1.54, 1.807) is 0 Å². The van der Waals surface area contributed by atoms with E-state index in [1.807, 2.05) is 24.3 Å². The van der Waals surface area contributed by atoms with Crippen LogP contribution in [0.25, 0.3) is 0 Å². The van der Waals surface area contributed by atoms with Crippen molar-refractivity contribution in [3.8, 4) is 11.5 Å². The molecule has 2 aromatic carbocycles. The van der Waals surface area contributed by atoms with E-state index in [-0.39, 0.29) is 0 Å². The van der Waals surface area contributed by atoms with E-state index >= 15 is 0 Å². The van der Waals surface area contributed by atoms with Crippen molar-refractivity contribution in [2.24, 2.45) is 0 Å². The molecule has 0 spiro atoms. The highest BCUT2D eigenvalue weighted by Crippen LogP contribution is 2.31. The zero-order valence-electron chi connectivity index (χ0n) is 12.2. The van der Waals surface area contributed by atoms with Crippen molar-refractivity contribution < 1.29 is 4.74 Å². The number of rotatable bonds is 5. The molecule has 0 aliphatic carbocycles. The molecule has 2 nitrogen and oxygen atoms in total. The van der Waals surface area contributed by atoms with Gasteiger partial charge in [-0.15, -0.1) is 0 Å². The fourth-order valence-corrected chi connectivity index (χ4v) is 2.41. The number of benzene rings is 2. The molecule has 0 saturated heterocycles. The highest BCUT2D eigenvalue weighted by molar-refractivity contribution is 9.10. The molecule has 3 heteroatoms. The van der Waals surface area contributed by atoms with Crippen molar-refractivity contribution in [1.82, 2.24) is 5.32 Å². The molecule has 0 saturated carbocycles. The van der Waals surface area contributed by atoms with Crippen molar-refractivity contribution in [3.63, 3.8) is 0 Å². The lowest BCUT2D eigenvalue weighted by Crippen LogP contribution is -2.12. The summed E-state index contributed by atoms with van der Waals surface area (Å²) < 4.78 is 7.18. The first-order valence-electron chi connectivity index (χ1n) is 6.85. The topological polar surface area (TPSA) is 21.3 Å². The van der Waals surface area contributed by atoms with Crippen LogP contribution in [0.1, 0.15) is 23.6 Å². The standard InChI is InChI=1S/C17H20BrNO/c1-4-19-11-14-10-15(18)8-9-17(14)20-16-7-5-6-12(2)13(16)3/h5-10,19H,4,11H2,1-3H3. The van der Waals surface area contributed by atoms with E-state index in [4.69, 9.17) is 4.74 Å². The van der Waals surface area contributed by atoms with Crippen LogP contribution in [0, 0.1) is 13.8 Å². The van der Waals surface area contributed by atoms with Crippen molar-refractivity contribution in [3.05, 3.63) is 57.6 Å². The predicted molar refractivity (Wildman–Crippen MR) is 87.5 cm³/mol. The Bertz CT molecular complexity index is 596. The van der Waals surface area contributed by atoms with Gasteiger partial charge in [-0.1, -0.05) is 35.0 Å². The van der Waals surface area contributed by atoms with Crippen LogP contribution in [0.3, 0.4) is 0 Å². The molecule has 106 valence electrons. The molecule has 0 atom stereocenters. The lowest BCUT2D eigenvalue weighted by Gasteiger charge is -2.14.